The highest BCUT2D eigenvalue weighted by atomic mass is 16.5. The van der Waals surface area contributed by atoms with E-state index in [0.717, 1.165) is 42.2 Å². The van der Waals surface area contributed by atoms with Crippen LogP contribution < -0.4 is 4.74 Å². The van der Waals surface area contributed by atoms with Crippen molar-refractivity contribution in [3.63, 3.8) is 0 Å². The number of carbonyl (C=O) groups excluding carboxylic acids is 1. The lowest BCUT2D eigenvalue weighted by Gasteiger charge is -2.23. The fourth-order valence-corrected chi connectivity index (χ4v) is 3.65. The minimum atomic E-state index is -0.0138. The van der Waals surface area contributed by atoms with Crippen LogP contribution in [-0.4, -0.2) is 35.6 Å². The van der Waals surface area contributed by atoms with Gasteiger partial charge in [-0.15, -0.1) is 0 Å². The summed E-state index contributed by atoms with van der Waals surface area (Å²) in [6, 6.07) is 21.4. The van der Waals surface area contributed by atoms with Crippen LogP contribution in [0.25, 0.3) is 0 Å². The smallest absolute Gasteiger partial charge is 0.254 e. The summed E-state index contributed by atoms with van der Waals surface area (Å²) < 4.78 is 11.4. The number of ether oxygens (including phenoxy) is 2. The second-order valence-corrected chi connectivity index (χ2v) is 8.04. The van der Waals surface area contributed by atoms with Crippen molar-refractivity contribution in [1.29, 1.82) is 0 Å². The SMILES string of the molecule is Cc1ccc(C(=O)N(Cc2cccc(OC[C@H]3CCOC3)c2)Cc2ccccn2)cc1. The van der Waals surface area contributed by atoms with E-state index < -0.39 is 0 Å². The van der Waals surface area contributed by atoms with Gasteiger partial charge in [-0.3, -0.25) is 9.78 Å². The molecule has 2 heterocycles. The number of benzene rings is 2. The number of aromatic nitrogens is 1. The topological polar surface area (TPSA) is 51.7 Å². The van der Waals surface area contributed by atoms with Gasteiger partial charge in [0, 0.05) is 30.8 Å². The molecule has 1 amide bonds. The number of rotatable bonds is 8. The van der Waals surface area contributed by atoms with Crippen LogP contribution in [0.3, 0.4) is 0 Å². The summed E-state index contributed by atoms with van der Waals surface area (Å²) in [6.45, 7) is 5.18. The van der Waals surface area contributed by atoms with Gasteiger partial charge in [0.25, 0.3) is 5.91 Å². The molecule has 0 spiro atoms. The highest BCUT2D eigenvalue weighted by Crippen LogP contribution is 2.20. The van der Waals surface area contributed by atoms with Gasteiger partial charge in [-0.2, -0.15) is 0 Å². The molecule has 0 bridgehead atoms. The molecule has 160 valence electrons. The fraction of sp³-hybridized carbons (Fsp3) is 0.308. The average molecular weight is 417 g/mol. The molecule has 4 rings (SSSR count). The van der Waals surface area contributed by atoms with E-state index in [-0.39, 0.29) is 5.91 Å². The van der Waals surface area contributed by atoms with E-state index in [1.807, 2.05) is 78.6 Å². The molecular formula is C26H28N2O3. The van der Waals surface area contributed by atoms with Crippen LogP contribution in [0.1, 0.15) is 33.6 Å². The van der Waals surface area contributed by atoms with E-state index in [4.69, 9.17) is 9.47 Å². The Morgan fingerprint density at radius 2 is 1.97 bits per heavy atom. The molecule has 0 saturated carbocycles. The fourth-order valence-electron chi connectivity index (χ4n) is 3.65. The Hall–Kier alpha value is -3.18. The third-order valence-electron chi connectivity index (χ3n) is 5.45. The summed E-state index contributed by atoms with van der Waals surface area (Å²) in [5, 5.41) is 0. The van der Waals surface area contributed by atoms with Crippen molar-refractivity contribution in [3.05, 3.63) is 95.3 Å². The summed E-state index contributed by atoms with van der Waals surface area (Å²) in [7, 11) is 0. The quantitative estimate of drug-likeness (QED) is 0.536. The van der Waals surface area contributed by atoms with Crippen molar-refractivity contribution in [2.75, 3.05) is 19.8 Å². The summed E-state index contributed by atoms with van der Waals surface area (Å²) in [5.74, 6) is 1.26. The number of pyridine rings is 1. The monoisotopic (exact) mass is 416 g/mol. The number of aryl methyl sites for hydroxylation is 1. The molecule has 1 saturated heterocycles. The van der Waals surface area contributed by atoms with E-state index in [2.05, 4.69) is 4.98 Å². The Balaban J connectivity index is 1.50. The predicted octanol–water partition coefficient (Wildman–Crippen LogP) is 4.65. The van der Waals surface area contributed by atoms with Crippen LogP contribution in [0.4, 0.5) is 0 Å². The van der Waals surface area contributed by atoms with E-state index in [0.29, 0.717) is 31.2 Å². The van der Waals surface area contributed by atoms with Crippen molar-refractivity contribution >= 4 is 5.91 Å². The van der Waals surface area contributed by atoms with Gasteiger partial charge in [0.05, 0.1) is 25.5 Å². The molecule has 5 nitrogen and oxygen atoms in total. The molecular weight excluding hydrogens is 388 g/mol. The van der Waals surface area contributed by atoms with Crippen LogP contribution in [0.2, 0.25) is 0 Å². The van der Waals surface area contributed by atoms with Crippen molar-refractivity contribution < 1.29 is 14.3 Å². The molecule has 1 fully saturated rings. The zero-order valence-electron chi connectivity index (χ0n) is 17.9. The summed E-state index contributed by atoms with van der Waals surface area (Å²) >= 11 is 0. The summed E-state index contributed by atoms with van der Waals surface area (Å²) in [6.07, 6.45) is 2.80. The van der Waals surface area contributed by atoms with Gasteiger partial charge in [-0.1, -0.05) is 35.9 Å². The number of hydrogen-bond acceptors (Lipinski definition) is 4. The van der Waals surface area contributed by atoms with Gasteiger partial charge in [0.2, 0.25) is 0 Å². The first-order valence-electron chi connectivity index (χ1n) is 10.7. The molecule has 1 atom stereocenters. The van der Waals surface area contributed by atoms with Crippen LogP contribution in [0.15, 0.2) is 72.9 Å². The molecule has 1 aromatic heterocycles. The minimum Gasteiger partial charge on any atom is -0.493 e. The number of nitrogens with zero attached hydrogens (tertiary/aromatic N) is 2. The predicted molar refractivity (Wildman–Crippen MR) is 120 cm³/mol. The van der Waals surface area contributed by atoms with E-state index in [1.165, 1.54) is 0 Å². The molecule has 1 aliphatic rings. The third-order valence-corrected chi connectivity index (χ3v) is 5.45. The molecule has 0 radical (unpaired) electrons. The first-order valence-corrected chi connectivity index (χ1v) is 10.7. The molecule has 3 aromatic rings. The standard InChI is InChI=1S/C26H28N2O3/c1-20-8-10-23(11-9-20)26(29)28(17-24-6-2-3-13-27-24)16-21-5-4-7-25(15-21)31-19-22-12-14-30-18-22/h2-11,13,15,22H,12,14,16-19H2,1H3/t22-/m0/s1. The molecule has 0 N–H and O–H groups in total. The minimum absolute atomic E-state index is 0.0138. The first-order chi connectivity index (χ1) is 15.2. The Labute approximate surface area is 183 Å². The highest BCUT2D eigenvalue weighted by Gasteiger charge is 2.19. The Kier molecular flexibility index (Phi) is 6.95. The molecule has 1 aliphatic heterocycles. The summed E-state index contributed by atoms with van der Waals surface area (Å²) in [5.41, 5.74) is 3.69. The normalized spacial score (nSPS) is 15.6. The molecule has 0 unspecified atom stereocenters. The number of carbonyl (C=O) groups is 1. The van der Waals surface area contributed by atoms with Crippen LogP contribution in [0, 0.1) is 12.8 Å². The van der Waals surface area contributed by atoms with Gasteiger partial charge in [-0.25, -0.2) is 0 Å². The van der Waals surface area contributed by atoms with Crippen molar-refractivity contribution in [1.82, 2.24) is 9.88 Å². The average Bonchev–Trinajstić information content (AvgIpc) is 3.32. The highest BCUT2D eigenvalue weighted by molar-refractivity contribution is 5.94. The zero-order chi connectivity index (χ0) is 21.5. The maximum absolute atomic E-state index is 13.3. The number of amides is 1. The van der Waals surface area contributed by atoms with E-state index >= 15 is 0 Å². The Morgan fingerprint density at radius 3 is 2.71 bits per heavy atom. The summed E-state index contributed by atoms with van der Waals surface area (Å²) in [4.78, 5) is 19.5. The van der Waals surface area contributed by atoms with Gasteiger partial charge in [0.15, 0.2) is 0 Å². The van der Waals surface area contributed by atoms with Crippen molar-refractivity contribution in [2.24, 2.45) is 5.92 Å². The van der Waals surface area contributed by atoms with E-state index in [1.54, 1.807) is 6.20 Å². The largest absolute Gasteiger partial charge is 0.493 e. The lowest BCUT2D eigenvalue weighted by atomic mass is 10.1. The van der Waals surface area contributed by atoms with Crippen LogP contribution in [0.5, 0.6) is 5.75 Å². The van der Waals surface area contributed by atoms with E-state index in [9.17, 15) is 4.79 Å². The van der Waals surface area contributed by atoms with Gasteiger partial charge >= 0.3 is 0 Å². The Bertz CT molecular complexity index is 983. The third kappa shape index (κ3) is 5.92. The second kappa shape index (κ2) is 10.2. The van der Waals surface area contributed by atoms with Gasteiger partial charge in [0.1, 0.15) is 5.75 Å². The van der Waals surface area contributed by atoms with Gasteiger partial charge < -0.3 is 14.4 Å². The molecule has 0 aliphatic carbocycles. The van der Waals surface area contributed by atoms with Crippen LogP contribution >= 0.6 is 0 Å². The first kappa shape index (κ1) is 21.1. The molecule has 5 heteroatoms. The maximum Gasteiger partial charge on any atom is 0.254 e. The maximum atomic E-state index is 13.3. The second-order valence-electron chi connectivity index (χ2n) is 8.04. The van der Waals surface area contributed by atoms with Crippen molar-refractivity contribution in [3.8, 4) is 5.75 Å². The molecule has 2 aromatic carbocycles. The molecule has 31 heavy (non-hydrogen) atoms. The van der Waals surface area contributed by atoms with Crippen molar-refractivity contribution in [2.45, 2.75) is 26.4 Å². The van der Waals surface area contributed by atoms with Crippen LogP contribution in [-0.2, 0) is 17.8 Å². The Morgan fingerprint density at radius 1 is 1.10 bits per heavy atom. The zero-order valence-corrected chi connectivity index (χ0v) is 17.9. The van der Waals surface area contributed by atoms with Gasteiger partial charge in [-0.05, 0) is 55.3 Å². The lowest BCUT2D eigenvalue weighted by molar-refractivity contribution is 0.0727. The number of hydrogen-bond donors (Lipinski definition) is 0. The lowest BCUT2D eigenvalue weighted by Crippen LogP contribution is -2.30.